The zero-order valence-corrected chi connectivity index (χ0v) is 17.3. The first-order valence-electron chi connectivity index (χ1n) is 10.1. The SMILES string of the molecule is CN(C)Cc1ccccc1OCC(=O)NCC(O)CN1CCc2ccccc2C1. The van der Waals surface area contributed by atoms with Gasteiger partial charge in [-0.3, -0.25) is 9.69 Å². The zero-order chi connectivity index (χ0) is 20.6. The molecule has 2 aromatic rings. The fraction of sp³-hybridized carbons (Fsp3) is 0.435. The van der Waals surface area contributed by atoms with Crippen LogP contribution in [0.3, 0.4) is 0 Å². The maximum Gasteiger partial charge on any atom is 0.258 e. The molecule has 2 N–H and O–H groups in total. The highest BCUT2D eigenvalue weighted by atomic mass is 16.5. The van der Waals surface area contributed by atoms with Gasteiger partial charge in [-0.1, -0.05) is 42.5 Å². The summed E-state index contributed by atoms with van der Waals surface area (Å²) in [6.07, 6.45) is 0.389. The van der Waals surface area contributed by atoms with Crippen molar-refractivity contribution in [2.75, 3.05) is 40.3 Å². The Kier molecular flexibility index (Phi) is 7.63. The van der Waals surface area contributed by atoms with E-state index in [1.54, 1.807) is 0 Å². The molecular formula is C23H31N3O3. The quantitative estimate of drug-likeness (QED) is 0.674. The number of β-amino-alcohol motifs (C(OH)–C–C–N with tert-alkyl or cyclic N) is 1. The van der Waals surface area contributed by atoms with Crippen LogP contribution in [-0.4, -0.2) is 67.3 Å². The molecule has 0 saturated carbocycles. The first-order valence-corrected chi connectivity index (χ1v) is 10.1. The maximum absolute atomic E-state index is 12.1. The Labute approximate surface area is 173 Å². The van der Waals surface area contributed by atoms with Gasteiger partial charge in [0.25, 0.3) is 5.91 Å². The Morgan fingerprint density at radius 1 is 1.17 bits per heavy atom. The second-order valence-corrected chi connectivity index (χ2v) is 7.85. The minimum absolute atomic E-state index is 0.0613. The van der Waals surface area contributed by atoms with Gasteiger partial charge in [-0.2, -0.15) is 0 Å². The van der Waals surface area contributed by atoms with Crippen molar-refractivity contribution in [3.63, 3.8) is 0 Å². The van der Waals surface area contributed by atoms with E-state index in [0.717, 1.165) is 31.6 Å². The summed E-state index contributed by atoms with van der Waals surface area (Å²) in [6, 6.07) is 16.1. The summed E-state index contributed by atoms with van der Waals surface area (Å²) >= 11 is 0. The topological polar surface area (TPSA) is 65.0 Å². The van der Waals surface area contributed by atoms with E-state index < -0.39 is 6.10 Å². The summed E-state index contributed by atoms with van der Waals surface area (Å²) in [5.74, 6) is 0.483. The summed E-state index contributed by atoms with van der Waals surface area (Å²) in [4.78, 5) is 16.4. The fourth-order valence-electron chi connectivity index (χ4n) is 3.61. The van der Waals surface area contributed by atoms with Gasteiger partial charge in [0.15, 0.2) is 6.61 Å². The van der Waals surface area contributed by atoms with E-state index in [0.29, 0.717) is 12.3 Å². The van der Waals surface area contributed by atoms with Gasteiger partial charge in [0.05, 0.1) is 6.10 Å². The van der Waals surface area contributed by atoms with Gasteiger partial charge < -0.3 is 20.1 Å². The lowest BCUT2D eigenvalue weighted by molar-refractivity contribution is -0.123. The molecule has 3 rings (SSSR count). The van der Waals surface area contributed by atoms with E-state index in [4.69, 9.17) is 4.74 Å². The summed E-state index contributed by atoms with van der Waals surface area (Å²) in [5.41, 5.74) is 3.74. The third kappa shape index (κ3) is 6.56. The van der Waals surface area contributed by atoms with Crippen LogP contribution in [0.15, 0.2) is 48.5 Å². The largest absolute Gasteiger partial charge is 0.483 e. The fourth-order valence-corrected chi connectivity index (χ4v) is 3.61. The summed E-state index contributed by atoms with van der Waals surface area (Å²) < 4.78 is 5.69. The highest BCUT2D eigenvalue weighted by molar-refractivity contribution is 5.77. The number of carbonyl (C=O) groups is 1. The number of nitrogens with one attached hydrogen (secondary N) is 1. The third-order valence-electron chi connectivity index (χ3n) is 5.03. The molecule has 2 aromatic carbocycles. The van der Waals surface area contributed by atoms with Crippen LogP contribution in [0.1, 0.15) is 16.7 Å². The van der Waals surface area contributed by atoms with Gasteiger partial charge in [-0.05, 0) is 37.7 Å². The minimum atomic E-state index is -0.606. The number of aliphatic hydroxyl groups is 1. The number of nitrogens with zero attached hydrogens (tertiary/aromatic N) is 2. The van der Waals surface area contributed by atoms with Gasteiger partial charge in [0.1, 0.15) is 5.75 Å². The van der Waals surface area contributed by atoms with E-state index in [2.05, 4.69) is 39.4 Å². The van der Waals surface area contributed by atoms with Crippen molar-refractivity contribution in [1.82, 2.24) is 15.1 Å². The minimum Gasteiger partial charge on any atom is -0.483 e. The molecule has 0 fully saturated rings. The van der Waals surface area contributed by atoms with E-state index in [1.807, 2.05) is 38.4 Å². The molecule has 6 heteroatoms. The lowest BCUT2D eigenvalue weighted by Gasteiger charge is -2.30. The summed E-state index contributed by atoms with van der Waals surface area (Å²) in [6.45, 7) is 3.21. The zero-order valence-electron chi connectivity index (χ0n) is 17.3. The Hall–Kier alpha value is -2.41. The van der Waals surface area contributed by atoms with Gasteiger partial charge >= 0.3 is 0 Å². The van der Waals surface area contributed by atoms with Gasteiger partial charge in [0.2, 0.25) is 0 Å². The van der Waals surface area contributed by atoms with Crippen molar-refractivity contribution >= 4 is 5.91 Å². The Balaban J connectivity index is 1.40. The van der Waals surface area contributed by atoms with E-state index in [1.165, 1.54) is 11.1 Å². The van der Waals surface area contributed by atoms with Crippen molar-refractivity contribution in [1.29, 1.82) is 0 Å². The Morgan fingerprint density at radius 3 is 2.69 bits per heavy atom. The van der Waals surface area contributed by atoms with E-state index >= 15 is 0 Å². The molecule has 0 bridgehead atoms. The average Bonchev–Trinajstić information content (AvgIpc) is 2.71. The van der Waals surface area contributed by atoms with Crippen LogP contribution >= 0.6 is 0 Å². The van der Waals surface area contributed by atoms with E-state index in [-0.39, 0.29) is 19.1 Å². The highest BCUT2D eigenvalue weighted by Gasteiger charge is 2.18. The van der Waals surface area contributed by atoms with Crippen LogP contribution in [-0.2, 0) is 24.3 Å². The Bertz CT molecular complexity index is 809. The molecule has 0 aromatic heterocycles. The van der Waals surface area contributed by atoms with Gasteiger partial charge in [-0.25, -0.2) is 0 Å². The van der Waals surface area contributed by atoms with Gasteiger partial charge in [0, 0.05) is 38.3 Å². The second-order valence-electron chi connectivity index (χ2n) is 7.85. The molecule has 1 heterocycles. The standard InChI is InChI=1S/C23H31N3O3/c1-25(2)14-20-9-5-6-10-22(20)29-17-23(28)24-13-21(27)16-26-12-11-18-7-3-4-8-19(18)15-26/h3-10,21,27H,11-17H2,1-2H3,(H,24,28). The number of aliphatic hydroxyl groups excluding tert-OH is 1. The number of carbonyl (C=O) groups excluding carboxylic acids is 1. The molecule has 0 saturated heterocycles. The third-order valence-corrected chi connectivity index (χ3v) is 5.03. The van der Waals surface area contributed by atoms with Crippen LogP contribution in [0.2, 0.25) is 0 Å². The summed E-state index contributed by atoms with van der Waals surface area (Å²) in [5, 5.41) is 13.1. The van der Waals surface area contributed by atoms with Crippen LogP contribution in [0, 0.1) is 0 Å². The molecule has 1 unspecified atom stereocenters. The molecule has 0 spiro atoms. The first kappa shape index (κ1) is 21.3. The van der Waals surface area contributed by atoms with Crippen LogP contribution < -0.4 is 10.1 Å². The molecule has 156 valence electrons. The normalized spacial score (nSPS) is 15.0. The highest BCUT2D eigenvalue weighted by Crippen LogP contribution is 2.19. The average molecular weight is 398 g/mol. The predicted molar refractivity (Wildman–Crippen MR) is 114 cm³/mol. The molecular weight excluding hydrogens is 366 g/mol. The number of amides is 1. The molecule has 1 amide bonds. The second kappa shape index (κ2) is 10.4. The molecule has 1 atom stereocenters. The number of hydrogen-bond donors (Lipinski definition) is 2. The van der Waals surface area contributed by atoms with Gasteiger partial charge in [-0.15, -0.1) is 0 Å². The monoisotopic (exact) mass is 397 g/mol. The number of benzene rings is 2. The number of rotatable bonds is 9. The van der Waals surface area contributed by atoms with Crippen molar-refractivity contribution in [3.8, 4) is 5.75 Å². The van der Waals surface area contributed by atoms with Crippen molar-refractivity contribution in [3.05, 3.63) is 65.2 Å². The molecule has 29 heavy (non-hydrogen) atoms. The maximum atomic E-state index is 12.1. The predicted octanol–water partition coefficient (Wildman–Crippen LogP) is 1.66. The number of fused-ring (bicyclic) bond motifs is 1. The van der Waals surface area contributed by atoms with E-state index in [9.17, 15) is 9.90 Å². The lowest BCUT2D eigenvalue weighted by atomic mass is 10.00. The molecule has 1 aliphatic rings. The first-order chi connectivity index (χ1) is 14.0. The molecule has 6 nitrogen and oxygen atoms in total. The molecule has 0 aliphatic carbocycles. The number of hydrogen-bond acceptors (Lipinski definition) is 5. The smallest absolute Gasteiger partial charge is 0.258 e. The molecule has 0 radical (unpaired) electrons. The number of para-hydroxylation sites is 1. The summed E-state index contributed by atoms with van der Waals surface area (Å²) in [7, 11) is 3.98. The van der Waals surface area contributed by atoms with Crippen LogP contribution in [0.25, 0.3) is 0 Å². The Morgan fingerprint density at radius 2 is 1.90 bits per heavy atom. The van der Waals surface area contributed by atoms with Crippen molar-refractivity contribution in [2.45, 2.75) is 25.6 Å². The van der Waals surface area contributed by atoms with Crippen LogP contribution in [0.5, 0.6) is 5.75 Å². The van der Waals surface area contributed by atoms with Crippen molar-refractivity contribution in [2.24, 2.45) is 0 Å². The molecule has 1 aliphatic heterocycles. The van der Waals surface area contributed by atoms with Crippen LogP contribution in [0.4, 0.5) is 0 Å². The number of ether oxygens (including phenoxy) is 1. The van der Waals surface area contributed by atoms with Crippen molar-refractivity contribution < 1.29 is 14.6 Å². The lowest BCUT2D eigenvalue weighted by Crippen LogP contribution is -2.42.